The first kappa shape index (κ1) is 24.4. The Kier molecular flexibility index (Phi) is 6.40. The number of nitrogens with one attached hydrogen (secondary N) is 1. The van der Waals surface area contributed by atoms with Crippen LogP contribution in [0.15, 0.2) is 30.3 Å². The lowest BCUT2D eigenvalue weighted by Crippen LogP contribution is -2.32. The van der Waals surface area contributed by atoms with Gasteiger partial charge >= 0.3 is 6.18 Å². The Bertz CT molecular complexity index is 1340. The van der Waals surface area contributed by atoms with Gasteiger partial charge in [0.2, 0.25) is 5.91 Å². The molecule has 3 aromatic rings. The molecule has 1 aromatic carbocycles. The van der Waals surface area contributed by atoms with Gasteiger partial charge < -0.3 is 16.0 Å². The molecule has 4 rings (SSSR count). The maximum absolute atomic E-state index is 13.3. The van der Waals surface area contributed by atoms with E-state index in [0.29, 0.717) is 47.7 Å². The number of carbonyl (C=O) groups is 1. The van der Waals surface area contributed by atoms with Crippen LogP contribution in [0.2, 0.25) is 0 Å². The number of halogens is 3. The molecule has 3 N–H and O–H groups in total. The molecule has 0 fully saturated rings. The number of anilines is 2. The second-order valence-corrected chi connectivity index (χ2v) is 8.81. The number of benzene rings is 1. The zero-order valence-corrected chi connectivity index (χ0v) is 20.0. The van der Waals surface area contributed by atoms with E-state index < -0.39 is 17.8 Å². The van der Waals surface area contributed by atoms with E-state index in [1.54, 1.807) is 25.7 Å². The Morgan fingerprint density at radius 1 is 1.14 bits per heavy atom. The van der Waals surface area contributed by atoms with E-state index in [1.807, 2.05) is 19.1 Å². The number of nitrogens with two attached hydrogens (primary N) is 1. The van der Waals surface area contributed by atoms with Gasteiger partial charge in [-0.15, -0.1) is 0 Å². The SMILES string of the molecule is CC(=O)N1CC=C(c2cc3c(N[C@H](C)c4cc(N)cc(C(F)(F)F)c4)nc(C)nc3nc2C)CC1. The number of nitrogens with zero attached hydrogens (tertiary/aromatic N) is 4. The number of aromatic nitrogens is 3. The minimum absolute atomic E-state index is 0.0354. The van der Waals surface area contributed by atoms with E-state index in [-0.39, 0.29) is 11.6 Å². The topological polar surface area (TPSA) is 97.0 Å². The molecule has 184 valence electrons. The highest BCUT2D eigenvalue weighted by Gasteiger charge is 2.31. The van der Waals surface area contributed by atoms with Crippen molar-refractivity contribution < 1.29 is 18.0 Å². The van der Waals surface area contributed by atoms with Crippen molar-refractivity contribution in [2.75, 3.05) is 24.1 Å². The molecule has 0 bridgehead atoms. The highest BCUT2D eigenvalue weighted by molar-refractivity contribution is 5.90. The average Bonchev–Trinajstić information content (AvgIpc) is 2.77. The fourth-order valence-electron chi connectivity index (χ4n) is 4.27. The fraction of sp³-hybridized carbons (Fsp3) is 0.360. The van der Waals surface area contributed by atoms with Gasteiger partial charge in [0, 0.05) is 31.4 Å². The van der Waals surface area contributed by atoms with Crippen LogP contribution in [-0.4, -0.2) is 38.8 Å². The standard InChI is InChI=1S/C25H27F3N6O/c1-13(18-9-19(25(26,27)28)11-20(29)10-18)30-23-22-12-21(14(2)31-24(22)33-15(3)32-23)17-5-7-34(8-6-17)16(4)35/h5,9-13H,6-8,29H2,1-4H3,(H,30,31,32,33)/t13-/m1/s1. The zero-order valence-electron chi connectivity index (χ0n) is 20.0. The number of carbonyl (C=O) groups excluding carboxylic acids is 1. The van der Waals surface area contributed by atoms with Gasteiger partial charge in [0.1, 0.15) is 11.6 Å². The molecule has 0 unspecified atom stereocenters. The number of fused-ring (bicyclic) bond motifs is 1. The Labute approximate surface area is 201 Å². The molecule has 0 aliphatic carbocycles. The van der Waals surface area contributed by atoms with E-state index in [2.05, 4.69) is 20.3 Å². The number of alkyl halides is 3. The first-order valence-electron chi connectivity index (χ1n) is 11.3. The second kappa shape index (κ2) is 9.16. The third-order valence-corrected chi connectivity index (χ3v) is 6.15. The maximum Gasteiger partial charge on any atom is 0.416 e. The zero-order chi connectivity index (χ0) is 25.5. The van der Waals surface area contributed by atoms with Crippen LogP contribution < -0.4 is 11.1 Å². The van der Waals surface area contributed by atoms with Crippen LogP contribution in [0.1, 0.15) is 54.5 Å². The minimum atomic E-state index is -4.50. The summed E-state index contributed by atoms with van der Waals surface area (Å²) in [6.07, 6.45) is -1.77. The average molecular weight is 485 g/mol. The summed E-state index contributed by atoms with van der Waals surface area (Å²) in [6, 6.07) is 4.97. The molecule has 7 nitrogen and oxygen atoms in total. The van der Waals surface area contributed by atoms with Crippen LogP contribution >= 0.6 is 0 Å². The molecule has 0 saturated heterocycles. The molecule has 0 saturated carbocycles. The number of amides is 1. The number of hydrogen-bond acceptors (Lipinski definition) is 6. The van der Waals surface area contributed by atoms with Crippen molar-refractivity contribution in [1.82, 2.24) is 19.9 Å². The number of nitrogen functional groups attached to an aromatic ring is 1. The highest BCUT2D eigenvalue weighted by atomic mass is 19.4. The van der Waals surface area contributed by atoms with Crippen molar-refractivity contribution in [2.24, 2.45) is 0 Å². The molecule has 2 aromatic heterocycles. The first-order chi connectivity index (χ1) is 16.4. The van der Waals surface area contributed by atoms with E-state index in [0.717, 1.165) is 29.0 Å². The minimum Gasteiger partial charge on any atom is -0.399 e. The summed E-state index contributed by atoms with van der Waals surface area (Å²) in [5, 5.41) is 3.90. The number of rotatable bonds is 4. The largest absolute Gasteiger partial charge is 0.416 e. The molecule has 1 amide bonds. The van der Waals surface area contributed by atoms with Crippen molar-refractivity contribution in [1.29, 1.82) is 0 Å². The summed E-state index contributed by atoms with van der Waals surface area (Å²) in [5.74, 6) is 1.00. The highest BCUT2D eigenvalue weighted by Crippen LogP contribution is 2.34. The van der Waals surface area contributed by atoms with Crippen molar-refractivity contribution in [3.63, 3.8) is 0 Å². The predicted octanol–water partition coefficient (Wildman–Crippen LogP) is 5.05. The number of pyridine rings is 1. The lowest BCUT2D eigenvalue weighted by atomic mass is 9.97. The summed E-state index contributed by atoms with van der Waals surface area (Å²) in [7, 11) is 0. The smallest absolute Gasteiger partial charge is 0.399 e. The van der Waals surface area contributed by atoms with Gasteiger partial charge in [-0.25, -0.2) is 15.0 Å². The van der Waals surface area contributed by atoms with Crippen LogP contribution in [0.4, 0.5) is 24.7 Å². The summed E-state index contributed by atoms with van der Waals surface area (Å²) < 4.78 is 39.9. The van der Waals surface area contributed by atoms with Crippen LogP contribution in [0.3, 0.4) is 0 Å². The van der Waals surface area contributed by atoms with Gasteiger partial charge in [-0.1, -0.05) is 6.08 Å². The summed E-state index contributed by atoms with van der Waals surface area (Å²) in [5.41, 5.74) is 8.71. The van der Waals surface area contributed by atoms with Gasteiger partial charge in [0.25, 0.3) is 0 Å². The maximum atomic E-state index is 13.3. The normalized spacial score (nSPS) is 15.2. The fourth-order valence-corrected chi connectivity index (χ4v) is 4.27. The van der Waals surface area contributed by atoms with Crippen LogP contribution in [0.25, 0.3) is 16.6 Å². The van der Waals surface area contributed by atoms with Crippen molar-refractivity contribution >= 4 is 34.0 Å². The molecule has 1 aliphatic heterocycles. The number of aryl methyl sites for hydroxylation is 2. The second-order valence-electron chi connectivity index (χ2n) is 8.81. The first-order valence-corrected chi connectivity index (χ1v) is 11.3. The molecule has 3 heterocycles. The van der Waals surface area contributed by atoms with Gasteiger partial charge in [0.15, 0.2) is 5.65 Å². The molecule has 0 radical (unpaired) electrons. The Hall–Kier alpha value is -3.69. The van der Waals surface area contributed by atoms with E-state index >= 15 is 0 Å². The molecule has 1 aliphatic rings. The van der Waals surface area contributed by atoms with Crippen molar-refractivity contribution in [3.8, 4) is 0 Å². The van der Waals surface area contributed by atoms with Crippen molar-refractivity contribution in [3.05, 3.63) is 58.6 Å². The van der Waals surface area contributed by atoms with Crippen LogP contribution in [0.5, 0.6) is 0 Å². The third kappa shape index (κ3) is 5.21. The molecule has 1 atom stereocenters. The van der Waals surface area contributed by atoms with Crippen molar-refractivity contribution in [2.45, 2.75) is 46.3 Å². The third-order valence-electron chi connectivity index (χ3n) is 6.15. The van der Waals surface area contributed by atoms with Gasteiger partial charge in [0.05, 0.1) is 17.0 Å². The summed E-state index contributed by atoms with van der Waals surface area (Å²) in [4.78, 5) is 27.1. The molecule has 0 spiro atoms. The van der Waals surface area contributed by atoms with E-state index in [9.17, 15) is 18.0 Å². The molecule has 10 heteroatoms. The van der Waals surface area contributed by atoms with Crippen LogP contribution in [0, 0.1) is 13.8 Å². The molecular weight excluding hydrogens is 457 g/mol. The van der Waals surface area contributed by atoms with Gasteiger partial charge in [-0.3, -0.25) is 4.79 Å². The monoisotopic (exact) mass is 484 g/mol. The molecular formula is C25H27F3N6O. The van der Waals surface area contributed by atoms with Crippen LogP contribution in [-0.2, 0) is 11.0 Å². The Balaban J connectivity index is 1.72. The number of hydrogen-bond donors (Lipinski definition) is 2. The van der Waals surface area contributed by atoms with Gasteiger partial charge in [-0.2, -0.15) is 13.2 Å². The Morgan fingerprint density at radius 3 is 2.51 bits per heavy atom. The lowest BCUT2D eigenvalue weighted by Gasteiger charge is -2.26. The van der Waals surface area contributed by atoms with E-state index in [1.165, 1.54) is 6.07 Å². The van der Waals surface area contributed by atoms with E-state index in [4.69, 9.17) is 5.73 Å². The molecule has 35 heavy (non-hydrogen) atoms. The van der Waals surface area contributed by atoms with Gasteiger partial charge in [-0.05, 0) is 68.2 Å². The quantitative estimate of drug-likeness (QED) is 0.503. The summed E-state index contributed by atoms with van der Waals surface area (Å²) in [6.45, 7) is 8.11. The lowest BCUT2D eigenvalue weighted by molar-refractivity contribution is -0.137. The Morgan fingerprint density at radius 2 is 1.89 bits per heavy atom. The summed E-state index contributed by atoms with van der Waals surface area (Å²) >= 11 is 0. The predicted molar refractivity (Wildman–Crippen MR) is 130 cm³/mol.